The van der Waals surface area contributed by atoms with E-state index in [1.54, 1.807) is 0 Å². The van der Waals surface area contributed by atoms with Gasteiger partial charge in [0, 0.05) is 72.0 Å². The number of amides is 1. The second-order valence-electron chi connectivity index (χ2n) is 7.78. The molecule has 0 spiro atoms. The lowest BCUT2D eigenvalue weighted by atomic mass is 10.2. The number of nitrogens with two attached hydrogens (primary N) is 1. The summed E-state index contributed by atoms with van der Waals surface area (Å²) in [4.78, 5) is 18.9. The van der Waals surface area contributed by atoms with Gasteiger partial charge in [0.25, 0.3) is 0 Å². The Hall–Kier alpha value is -0.930. The van der Waals surface area contributed by atoms with Gasteiger partial charge in [0.1, 0.15) is 5.60 Å². The highest BCUT2D eigenvalue weighted by molar-refractivity contribution is 5.67. The molecule has 1 atom stereocenters. The maximum atomic E-state index is 11.7. The smallest absolute Gasteiger partial charge is 0.407 e. The number of carbonyl (C=O) groups excluding carboxylic acids is 1. The van der Waals surface area contributed by atoms with E-state index in [9.17, 15) is 4.79 Å². The molecule has 0 bridgehead atoms. The topological polar surface area (TPSA) is 88.2 Å². The van der Waals surface area contributed by atoms with Crippen LogP contribution < -0.4 is 16.4 Å². The first-order valence-corrected chi connectivity index (χ1v) is 9.39. The third-order valence-electron chi connectivity index (χ3n) is 4.55. The van der Waals surface area contributed by atoms with Crippen molar-refractivity contribution in [1.29, 1.82) is 0 Å². The van der Waals surface area contributed by atoms with Crippen molar-refractivity contribution < 1.29 is 9.53 Å². The molecule has 0 aliphatic carbocycles. The first kappa shape index (κ1) is 20.4. The van der Waals surface area contributed by atoms with E-state index in [1.165, 1.54) is 0 Å². The van der Waals surface area contributed by atoms with E-state index in [0.717, 1.165) is 58.9 Å². The van der Waals surface area contributed by atoms with Gasteiger partial charge < -0.3 is 15.8 Å². The number of rotatable bonds is 6. The van der Waals surface area contributed by atoms with Gasteiger partial charge in [-0.25, -0.2) is 10.1 Å². The summed E-state index contributed by atoms with van der Waals surface area (Å²) in [6.45, 7) is 15.8. The summed E-state index contributed by atoms with van der Waals surface area (Å²) >= 11 is 0. The minimum absolute atomic E-state index is 0.308. The third-order valence-corrected chi connectivity index (χ3v) is 4.55. The Bertz CT molecular complexity index is 404. The van der Waals surface area contributed by atoms with E-state index in [2.05, 4.69) is 20.0 Å². The molecule has 0 aromatic carbocycles. The first-order valence-electron chi connectivity index (χ1n) is 9.39. The average Bonchev–Trinajstić information content (AvgIpc) is 2.54. The van der Waals surface area contributed by atoms with Crippen LogP contribution in [0.3, 0.4) is 0 Å². The van der Waals surface area contributed by atoms with Crippen molar-refractivity contribution >= 4 is 6.09 Å². The van der Waals surface area contributed by atoms with Gasteiger partial charge in [-0.1, -0.05) is 0 Å². The number of ether oxygens (including phenoxy) is 1. The summed E-state index contributed by atoms with van der Waals surface area (Å²) in [5, 5.41) is 7.61. The van der Waals surface area contributed by atoms with E-state index in [-0.39, 0.29) is 6.09 Å². The highest BCUT2D eigenvalue weighted by atomic mass is 16.6. The van der Waals surface area contributed by atoms with E-state index >= 15 is 0 Å². The predicted octanol–water partition coefficient (Wildman–Crippen LogP) is -0.666. The molecule has 2 aliphatic heterocycles. The van der Waals surface area contributed by atoms with E-state index in [4.69, 9.17) is 15.8 Å². The van der Waals surface area contributed by atoms with Crippen LogP contribution in [0.5, 0.6) is 0 Å². The second-order valence-corrected chi connectivity index (χ2v) is 7.78. The first-order chi connectivity index (χ1) is 11.9. The van der Waals surface area contributed by atoms with E-state index in [1.807, 2.05) is 20.8 Å². The van der Waals surface area contributed by atoms with E-state index < -0.39 is 5.60 Å². The molecule has 1 unspecified atom stereocenters. The third kappa shape index (κ3) is 7.45. The molecule has 8 nitrogen and oxygen atoms in total. The maximum absolute atomic E-state index is 11.7. The van der Waals surface area contributed by atoms with Gasteiger partial charge in [-0.05, 0) is 20.8 Å². The maximum Gasteiger partial charge on any atom is 0.407 e. The van der Waals surface area contributed by atoms with Gasteiger partial charge in [0.2, 0.25) is 0 Å². The Labute approximate surface area is 152 Å². The summed E-state index contributed by atoms with van der Waals surface area (Å²) in [6, 6.07) is 0. The number of nitrogens with one attached hydrogen (secondary N) is 1. The Balaban J connectivity index is 1.62. The van der Waals surface area contributed by atoms with Crippen LogP contribution in [0.25, 0.3) is 0 Å². The highest BCUT2D eigenvalue weighted by Gasteiger charge is 2.28. The van der Waals surface area contributed by atoms with Crippen molar-refractivity contribution in [3.8, 4) is 0 Å². The van der Waals surface area contributed by atoms with Gasteiger partial charge in [0.05, 0.1) is 6.17 Å². The fourth-order valence-corrected chi connectivity index (χ4v) is 3.26. The van der Waals surface area contributed by atoms with Crippen LogP contribution in [-0.2, 0) is 4.74 Å². The molecule has 2 rings (SSSR count). The second kappa shape index (κ2) is 9.68. The number of alkyl carbamates (subject to hydrolysis) is 1. The minimum atomic E-state index is -0.447. The lowest BCUT2D eigenvalue weighted by Gasteiger charge is -2.42. The summed E-state index contributed by atoms with van der Waals surface area (Å²) < 4.78 is 5.25. The molecule has 3 N–H and O–H groups in total. The molecular weight excluding hydrogens is 320 g/mol. The standard InChI is InChI=1S/C17H35N6O2/c1-17(2,3)25-16(24)20-6-8-21-10-12-23(13-11-21)15-14-22(7-4-18)9-5-19-15/h15H,4-14,18H2,1-3H3,(H,20,24). The quantitative estimate of drug-likeness (QED) is 0.657. The molecule has 0 aromatic rings. The van der Waals surface area contributed by atoms with Crippen LogP contribution in [0, 0.1) is 0 Å². The summed E-state index contributed by atoms with van der Waals surface area (Å²) in [6.07, 6.45) is -0.0329. The number of piperazine rings is 2. The zero-order valence-corrected chi connectivity index (χ0v) is 16.0. The molecule has 2 heterocycles. The van der Waals surface area contributed by atoms with Gasteiger partial charge in [0.15, 0.2) is 0 Å². The van der Waals surface area contributed by atoms with Gasteiger partial charge in [-0.15, -0.1) is 0 Å². The van der Waals surface area contributed by atoms with Crippen LogP contribution in [-0.4, -0.2) is 105 Å². The molecule has 8 heteroatoms. The van der Waals surface area contributed by atoms with Crippen molar-refractivity contribution in [2.24, 2.45) is 5.73 Å². The predicted molar refractivity (Wildman–Crippen MR) is 98.5 cm³/mol. The number of nitrogens with zero attached hydrogens (tertiary/aromatic N) is 4. The lowest BCUT2D eigenvalue weighted by molar-refractivity contribution is 0.0384. The van der Waals surface area contributed by atoms with Crippen molar-refractivity contribution in [3.63, 3.8) is 0 Å². The van der Waals surface area contributed by atoms with Crippen molar-refractivity contribution in [3.05, 3.63) is 0 Å². The Kier molecular flexibility index (Phi) is 7.89. The monoisotopic (exact) mass is 355 g/mol. The fourth-order valence-electron chi connectivity index (χ4n) is 3.26. The van der Waals surface area contributed by atoms with Gasteiger partial charge in [-0.2, -0.15) is 0 Å². The zero-order valence-electron chi connectivity index (χ0n) is 16.0. The molecule has 0 aromatic heterocycles. The molecule has 0 saturated carbocycles. The largest absolute Gasteiger partial charge is 0.444 e. The minimum Gasteiger partial charge on any atom is -0.444 e. The molecule has 1 amide bonds. The van der Waals surface area contributed by atoms with Crippen molar-refractivity contribution in [2.75, 3.05) is 72.0 Å². The molecule has 2 fully saturated rings. The van der Waals surface area contributed by atoms with Crippen molar-refractivity contribution in [2.45, 2.75) is 32.5 Å². The zero-order chi connectivity index (χ0) is 18.3. The Morgan fingerprint density at radius 2 is 1.88 bits per heavy atom. The van der Waals surface area contributed by atoms with Gasteiger partial charge in [-0.3, -0.25) is 14.7 Å². The number of hydrogen-bond donors (Lipinski definition) is 2. The fraction of sp³-hybridized carbons (Fsp3) is 0.941. The summed E-state index contributed by atoms with van der Waals surface area (Å²) in [5.41, 5.74) is 5.22. The van der Waals surface area contributed by atoms with Crippen LogP contribution >= 0.6 is 0 Å². The van der Waals surface area contributed by atoms with E-state index in [0.29, 0.717) is 19.3 Å². The normalized spacial score (nSPS) is 24.2. The summed E-state index contributed by atoms with van der Waals surface area (Å²) in [7, 11) is 0. The number of hydrogen-bond acceptors (Lipinski definition) is 6. The van der Waals surface area contributed by atoms with Crippen LogP contribution in [0.2, 0.25) is 0 Å². The van der Waals surface area contributed by atoms with Crippen LogP contribution in [0.15, 0.2) is 0 Å². The molecular formula is C17H35N6O2. The Morgan fingerprint density at radius 1 is 1.16 bits per heavy atom. The lowest BCUT2D eigenvalue weighted by Crippen LogP contribution is -2.60. The number of carbonyl (C=O) groups is 1. The Morgan fingerprint density at radius 3 is 2.52 bits per heavy atom. The average molecular weight is 356 g/mol. The molecule has 1 radical (unpaired) electrons. The molecule has 2 aliphatic rings. The van der Waals surface area contributed by atoms with Crippen LogP contribution in [0.1, 0.15) is 20.8 Å². The molecule has 2 saturated heterocycles. The van der Waals surface area contributed by atoms with Crippen molar-refractivity contribution in [1.82, 2.24) is 25.3 Å². The highest BCUT2D eigenvalue weighted by Crippen LogP contribution is 2.10. The summed E-state index contributed by atoms with van der Waals surface area (Å²) in [5.74, 6) is 0. The van der Waals surface area contributed by atoms with Gasteiger partial charge >= 0.3 is 6.09 Å². The SMILES string of the molecule is CC(C)(C)OC(=O)NCCN1CCN(C2CN(CCN)CC[N]2)CC1. The molecule has 145 valence electrons. The molecule has 25 heavy (non-hydrogen) atoms. The van der Waals surface area contributed by atoms with Crippen LogP contribution in [0.4, 0.5) is 4.79 Å².